The Bertz CT molecular complexity index is 494. The second kappa shape index (κ2) is 4.28. The van der Waals surface area contributed by atoms with E-state index in [-0.39, 0.29) is 4.60 Å². The minimum atomic E-state index is -4.11. The van der Waals surface area contributed by atoms with Crippen LogP contribution in [0.1, 0.15) is 12.0 Å². The van der Waals surface area contributed by atoms with Crippen LogP contribution >= 0.6 is 27.5 Å². The Hall–Kier alpha value is -0.310. The van der Waals surface area contributed by atoms with Crippen molar-refractivity contribution in [3.8, 4) is 0 Å². The Labute approximate surface area is 97.6 Å². The average Bonchev–Trinajstić information content (AvgIpc) is 2.00. The van der Waals surface area contributed by atoms with Gasteiger partial charge in [-0.25, -0.2) is 27.3 Å². The smallest absolute Gasteiger partial charge is 0.227 e. The highest BCUT2D eigenvalue weighted by molar-refractivity contribution is 9.10. The van der Waals surface area contributed by atoms with Crippen molar-refractivity contribution in [2.24, 2.45) is 5.14 Å². The topological polar surface area (TPSA) is 73.1 Å². The van der Waals surface area contributed by atoms with Gasteiger partial charge in [-0.3, -0.25) is 0 Å². The van der Waals surface area contributed by atoms with E-state index in [9.17, 15) is 17.2 Å². The molecule has 0 unspecified atom stereocenters. The van der Waals surface area contributed by atoms with Gasteiger partial charge >= 0.3 is 0 Å². The van der Waals surface area contributed by atoms with Gasteiger partial charge in [0.15, 0.2) is 0 Å². The number of hydrogen-bond acceptors (Lipinski definition) is 3. The SMILES string of the molecule is NS(=O)(=O)c1cc(C(F)F)c(Cl)nc1Br. The van der Waals surface area contributed by atoms with E-state index in [0.717, 1.165) is 0 Å². The van der Waals surface area contributed by atoms with Crippen LogP contribution in [0.4, 0.5) is 8.78 Å². The molecule has 1 rings (SSSR count). The number of aromatic nitrogens is 1. The van der Waals surface area contributed by atoms with Crippen LogP contribution in [0.25, 0.3) is 0 Å². The van der Waals surface area contributed by atoms with E-state index in [1.807, 2.05) is 0 Å². The molecule has 2 N–H and O–H groups in total. The maximum atomic E-state index is 12.4. The quantitative estimate of drug-likeness (QED) is 0.848. The van der Waals surface area contributed by atoms with E-state index in [1.54, 1.807) is 0 Å². The fourth-order valence-corrected chi connectivity index (χ4v) is 2.68. The van der Waals surface area contributed by atoms with Crippen molar-refractivity contribution >= 4 is 37.6 Å². The number of hydrogen-bond donors (Lipinski definition) is 1. The lowest BCUT2D eigenvalue weighted by molar-refractivity contribution is 0.150. The van der Waals surface area contributed by atoms with Gasteiger partial charge in [-0.05, 0) is 22.0 Å². The highest BCUT2D eigenvalue weighted by Gasteiger charge is 2.21. The molecular formula is C6H4BrClF2N2O2S. The van der Waals surface area contributed by atoms with Crippen molar-refractivity contribution in [1.82, 2.24) is 4.98 Å². The molecule has 84 valence electrons. The standard InChI is InChI=1S/C6H4BrClF2N2O2S/c7-4-3(15(11,13)14)1-2(6(9)10)5(8)12-4/h1,6H,(H2,11,13,14). The molecule has 0 aliphatic rings. The Balaban J connectivity index is 3.50. The van der Waals surface area contributed by atoms with Gasteiger partial charge < -0.3 is 0 Å². The minimum absolute atomic E-state index is 0.195. The third-order valence-electron chi connectivity index (χ3n) is 1.47. The molecule has 0 saturated carbocycles. The summed E-state index contributed by atoms with van der Waals surface area (Å²) in [5, 5.41) is 4.32. The summed E-state index contributed by atoms with van der Waals surface area (Å²) in [6.45, 7) is 0. The molecule has 0 radical (unpaired) electrons. The van der Waals surface area contributed by atoms with Gasteiger partial charge in [0.25, 0.3) is 6.43 Å². The summed E-state index contributed by atoms with van der Waals surface area (Å²) in [5.41, 5.74) is -0.677. The van der Waals surface area contributed by atoms with Gasteiger partial charge in [-0.1, -0.05) is 11.6 Å². The first kappa shape index (κ1) is 12.8. The van der Waals surface area contributed by atoms with E-state index in [0.29, 0.717) is 6.07 Å². The molecule has 0 amide bonds. The molecule has 9 heteroatoms. The van der Waals surface area contributed by atoms with Gasteiger partial charge in [0, 0.05) is 0 Å². The predicted molar refractivity (Wildman–Crippen MR) is 53.3 cm³/mol. The van der Waals surface area contributed by atoms with Crippen molar-refractivity contribution in [1.29, 1.82) is 0 Å². The van der Waals surface area contributed by atoms with Crippen molar-refractivity contribution in [3.63, 3.8) is 0 Å². The molecule has 0 aromatic carbocycles. The zero-order valence-electron chi connectivity index (χ0n) is 6.92. The molecule has 0 aliphatic heterocycles. The molecule has 0 spiro atoms. The summed E-state index contributed by atoms with van der Waals surface area (Å²) >= 11 is 8.16. The van der Waals surface area contributed by atoms with E-state index in [2.05, 4.69) is 20.9 Å². The van der Waals surface area contributed by atoms with Crippen LogP contribution in [0.5, 0.6) is 0 Å². The van der Waals surface area contributed by atoms with Crippen LogP contribution in [0.3, 0.4) is 0 Å². The highest BCUT2D eigenvalue weighted by Crippen LogP contribution is 2.30. The number of pyridine rings is 1. The van der Waals surface area contributed by atoms with Gasteiger partial charge in [0.1, 0.15) is 14.7 Å². The molecule has 4 nitrogen and oxygen atoms in total. The van der Waals surface area contributed by atoms with Crippen LogP contribution < -0.4 is 5.14 Å². The van der Waals surface area contributed by atoms with Crippen LogP contribution in [-0.4, -0.2) is 13.4 Å². The Morgan fingerprint density at radius 2 is 2.07 bits per heavy atom. The summed E-state index contributed by atoms with van der Waals surface area (Å²) < 4.78 is 46.4. The molecule has 15 heavy (non-hydrogen) atoms. The molecule has 1 aromatic heterocycles. The third kappa shape index (κ3) is 2.83. The van der Waals surface area contributed by atoms with E-state index < -0.39 is 32.1 Å². The molecule has 0 saturated heterocycles. The number of primary sulfonamides is 1. The lowest BCUT2D eigenvalue weighted by Gasteiger charge is -2.06. The summed E-state index contributed by atoms with van der Waals surface area (Å²) in [7, 11) is -4.11. The number of sulfonamides is 1. The van der Waals surface area contributed by atoms with Crippen molar-refractivity contribution in [2.45, 2.75) is 11.3 Å². The number of nitrogens with two attached hydrogens (primary N) is 1. The number of alkyl halides is 2. The van der Waals surface area contributed by atoms with Crippen LogP contribution in [0, 0.1) is 0 Å². The third-order valence-corrected chi connectivity index (χ3v) is 3.56. The summed E-state index contributed by atoms with van der Waals surface area (Å²) in [4.78, 5) is 2.88. The summed E-state index contributed by atoms with van der Waals surface area (Å²) in [6.07, 6.45) is -2.92. The zero-order valence-corrected chi connectivity index (χ0v) is 10.1. The second-order valence-corrected chi connectivity index (χ2v) is 5.14. The molecule has 0 bridgehead atoms. The number of nitrogens with zero attached hydrogens (tertiary/aromatic N) is 1. The van der Waals surface area contributed by atoms with Gasteiger partial charge in [-0.15, -0.1) is 0 Å². The van der Waals surface area contributed by atoms with Gasteiger partial charge in [0.05, 0.1) is 5.56 Å². The average molecular weight is 322 g/mol. The molecule has 0 aliphatic carbocycles. The molecule has 1 heterocycles. The lowest BCUT2D eigenvalue weighted by atomic mass is 10.3. The first-order valence-corrected chi connectivity index (χ1v) is 6.12. The summed E-state index contributed by atoms with van der Waals surface area (Å²) in [6, 6.07) is 0.694. The van der Waals surface area contributed by atoms with E-state index in [4.69, 9.17) is 16.7 Å². The fraction of sp³-hybridized carbons (Fsp3) is 0.167. The first-order chi connectivity index (χ1) is 6.73. The Kier molecular flexibility index (Phi) is 3.64. The van der Waals surface area contributed by atoms with E-state index in [1.165, 1.54) is 0 Å². The largest absolute Gasteiger partial charge is 0.266 e. The monoisotopic (exact) mass is 320 g/mol. The van der Waals surface area contributed by atoms with Gasteiger partial charge in [0.2, 0.25) is 10.0 Å². The Morgan fingerprint density at radius 1 is 1.53 bits per heavy atom. The van der Waals surface area contributed by atoms with E-state index >= 15 is 0 Å². The van der Waals surface area contributed by atoms with Gasteiger partial charge in [-0.2, -0.15) is 0 Å². The Morgan fingerprint density at radius 3 is 2.47 bits per heavy atom. The molecule has 0 fully saturated rings. The minimum Gasteiger partial charge on any atom is -0.227 e. The number of rotatable bonds is 2. The summed E-state index contributed by atoms with van der Waals surface area (Å²) in [5.74, 6) is 0. The van der Waals surface area contributed by atoms with Crippen molar-refractivity contribution < 1.29 is 17.2 Å². The second-order valence-electron chi connectivity index (χ2n) is 2.50. The van der Waals surface area contributed by atoms with Crippen LogP contribution in [-0.2, 0) is 10.0 Å². The van der Waals surface area contributed by atoms with Crippen molar-refractivity contribution in [2.75, 3.05) is 0 Å². The molecular weight excluding hydrogens is 317 g/mol. The maximum absolute atomic E-state index is 12.4. The number of halogens is 4. The lowest BCUT2D eigenvalue weighted by Crippen LogP contribution is -2.14. The fourth-order valence-electron chi connectivity index (χ4n) is 0.819. The van der Waals surface area contributed by atoms with Crippen LogP contribution in [0.2, 0.25) is 5.15 Å². The predicted octanol–water partition coefficient (Wildman–Crippen LogP) is 2.08. The first-order valence-electron chi connectivity index (χ1n) is 3.40. The highest BCUT2D eigenvalue weighted by atomic mass is 79.9. The van der Waals surface area contributed by atoms with Crippen molar-refractivity contribution in [3.05, 3.63) is 21.4 Å². The van der Waals surface area contributed by atoms with Crippen LogP contribution in [0.15, 0.2) is 15.6 Å². The normalized spacial score (nSPS) is 12.1. The zero-order chi connectivity index (χ0) is 11.8. The molecule has 1 aromatic rings. The maximum Gasteiger partial charge on any atom is 0.266 e. The molecule has 0 atom stereocenters.